The van der Waals surface area contributed by atoms with E-state index in [1.165, 1.54) is 6.92 Å². The molecule has 0 radical (unpaired) electrons. The van der Waals surface area contributed by atoms with Crippen LogP contribution in [0.1, 0.15) is 56.6 Å². The number of carbonyl (C=O) groups excluding carboxylic acids is 5. The van der Waals surface area contributed by atoms with Crippen molar-refractivity contribution in [2.24, 2.45) is 0 Å². The van der Waals surface area contributed by atoms with Gasteiger partial charge in [-0.15, -0.1) is 6.54 Å². The third-order valence-corrected chi connectivity index (χ3v) is 4.47. The monoisotopic (exact) mass is 546 g/mol. The molecule has 0 unspecified atom stereocenters. The van der Waals surface area contributed by atoms with E-state index >= 15 is 0 Å². The number of amides is 2. The summed E-state index contributed by atoms with van der Waals surface area (Å²) in [5.74, 6) is -0.659. The van der Waals surface area contributed by atoms with Gasteiger partial charge in [0.2, 0.25) is 0 Å². The van der Waals surface area contributed by atoms with Crippen LogP contribution in [0.2, 0.25) is 0 Å². The Labute approximate surface area is 249 Å². The van der Waals surface area contributed by atoms with Crippen LogP contribution in [0.25, 0.3) is 5.32 Å². The van der Waals surface area contributed by atoms with E-state index in [-0.39, 0.29) is 115 Å². The number of rotatable bonds is 18. The minimum Gasteiger partial charge on any atom is -0.648 e. The molecule has 1 N–H and O–H groups in total. The number of hydrogen-bond acceptors (Lipinski definition) is 7. The third kappa shape index (κ3) is 18.1. The average molecular weight is 547 g/mol. The molecule has 2 amide bonds. The van der Waals surface area contributed by atoms with Gasteiger partial charge in [0.25, 0.3) is 0 Å². The molecule has 10 heteroatoms. The van der Waals surface area contributed by atoms with Crippen molar-refractivity contribution in [1.29, 1.82) is 0 Å². The maximum atomic E-state index is 11.8. The molecule has 0 aliphatic carbocycles. The van der Waals surface area contributed by atoms with Crippen molar-refractivity contribution < 1.29 is 91.6 Å². The number of nitrogens with zero attached hydrogens (tertiary/aromatic N) is 1. The first-order valence-corrected chi connectivity index (χ1v) is 11.1. The van der Waals surface area contributed by atoms with Gasteiger partial charge in [0.05, 0.1) is 32.1 Å². The molecular formula is C24H33N2O7Rb. The average Bonchev–Trinajstić information content (AvgIpc) is 2.77. The number of ketones is 2. The zero-order valence-electron chi connectivity index (χ0n) is 20.2. The number of aldehydes is 1. The maximum absolute atomic E-state index is 11.8. The molecule has 0 heterocycles. The topological polar surface area (TPSA) is 130 Å². The first-order valence-electron chi connectivity index (χ1n) is 11.1. The Balaban J connectivity index is 0.0000109. The summed E-state index contributed by atoms with van der Waals surface area (Å²) in [7, 11) is 0. The van der Waals surface area contributed by atoms with E-state index < -0.39 is 6.09 Å². The smallest absolute Gasteiger partial charge is 0.648 e. The van der Waals surface area contributed by atoms with Crippen molar-refractivity contribution in [3.63, 3.8) is 0 Å². The molecule has 1 aromatic rings. The fourth-order valence-electron chi connectivity index (χ4n) is 2.81. The van der Waals surface area contributed by atoms with Gasteiger partial charge < -0.3 is 29.7 Å². The number of hydrogen-bond donors (Lipinski definition) is 1. The summed E-state index contributed by atoms with van der Waals surface area (Å²) in [6.07, 6.45) is 4.03. The van der Waals surface area contributed by atoms with E-state index in [1.807, 2.05) is 0 Å². The van der Waals surface area contributed by atoms with Gasteiger partial charge in [0.1, 0.15) is 17.9 Å². The van der Waals surface area contributed by atoms with Crippen LogP contribution in [0.4, 0.5) is 4.79 Å². The number of nitrogens with one attached hydrogen (secondary N) is 1. The Morgan fingerprint density at radius 3 is 2.35 bits per heavy atom. The Bertz CT molecular complexity index is 769. The minimum atomic E-state index is -0.495. The predicted molar refractivity (Wildman–Crippen MR) is 122 cm³/mol. The largest absolute Gasteiger partial charge is 1.00 e. The summed E-state index contributed by atoms with van der Waals surface area (Å²) < 4.78 is 10.2. The minimum absolute atomic E-state index is 0. The van der Waals surface area contributed by atoms with Gasteiger partial charge in [-0.2, -0.15) is 0 Å². The molecule has 0 spiro atoms. The van der Waals surface area contributed by atoms with Crippen LogP contribution in [0.3, 0.4) is 0 Å². The quantitative estimate of drug-likeness (QED) is 0.157. The maximum Gasteiger partial charge on any atom is 1.00 e. The first-order chi connectivity index (χ1) is 15.9. The number of Topliss-reactive ketones (excluding diaryl/α,β-unsaturated/α-hetero) is 2. The van der Waals surface area contributed by atoms with E-state index in [1.54, 1.807) is 24.3 Å². The van der Waals surface area contributed by atoms with E-state index in [9.17, 15) is 24.0 Å². The third-order valence-electron chi connectivity index (χ3n) is 4.47. The Morgan fingerprint density at radius 1 is 0.971 bits per heavy atom. The summed E-state index contributed by atoms with van der Waals surface area (Å²) in [6.45, 7) is 2.41. The molecule has 0 saturated carbocycles. The predicted octanol–water partition coefficient (Wildman–Crippen LogP) is 0.0738. The van der Waals surface area contributed by atoms with Crippen LogP contribution in [0.5, 0.6) is 0 Å². The molecule has 1 aromatic carbocycles. The SMILES string of the molecule is CC(=O)CC(=O)Cc1ccc(C[N-]C(=O)COCCCOC(=O)NCCCCCC=O)cc1.[Rb+]. The molecule has 0 aliphatic rings. The van der Waals surface area contributed by atoms with Crippen molar-refractivity contribution in [3.8, 4) is 0 Å². The number of unbranched alkanes of at least 4 members (excludes halogenated alkanes) is 3. The number of alkyl carbamates (subject to hydrolysis) is 1. The molecule has 9 nitrogen and oxygen atoms in total. The number of carbonyl (C=O) groups is 5. The summed E-state index contributed by atoms with van der Waals surface area (Å²) in [5, 5.41) is 6.57. The van der Waals surface area contributed by atoms with Crippen LogP contribution < -0.4 is 63.5 Å². The van der Waals surface area contributed by atoms with Crippen molar-refractivity contribution in [2.75, 3.05) is 26.4 Å². The molecule has 0 aromatic heterocycles. The summed E-state index contributed by atoms with van der Waals surface area (Å²) in [4.78, 5) is 56.1. The van der Waals surface area contributed by atoms with E-state index in [0.717, 1.165) is 36.7 Å². The van der Waals surface area contributed by atoms with Crippen LogP contribution in [0.15, 0.2) is 24.3 Å². The van der Waals surface area contributed by atoms with E-state index in [0.29, 0.717) is 19.4 Å². The molecular weight excluding hydrogens is 514 g/mol. The Morgan fingerprint density at radius 2 is 1.68 bits per heavy atom. The second kappa shape index (κ2) is 21.1. The Kier molecular flexibility index (Phi) is 20.3. The molecule has 0 atom stereocenters. The van der Waals surface area contributed by atoms with Gasteiger partial charge in [0, 0.05) is 25.8 Å². The van der Waals surface area contributed by atoms with Crippen LogP contribution in [-0.4, -0.2) is 56.2 Å². The molecule has 0 aliphatic heterocycles. The summed E-state index contributed by atoms with van der Waals surface area (Å²) in [5.41, 5.74) is 1.64. The zero-order valence-corrected chi connectivity index (χ0v) is 25.1. The van der Waals surface area contributed by atoms with Gasteiger partial charge in [-0.25, -0.2) is 4.79 Å². The second-order valence-corrected chi connectivity index (χ2v) is 7.61. The van der Waals surface area contributed by atoms with E-state index in [2.05, 4.69) is 10.6 Å². The molecule has 182 valence electrons. The Hall–Kier alpha value is -1.26. The standard InChI is InChI=1S/C24H34N2O7.Rb/c1-19(28)15-22(29)16-20-7-9-21(10-8-20)17-26-23(30)18-32-13-6-14-33-24(31)25-11-4-2-3-5-12-27;/h7-10,12H,2-6,11,13-18H2,1H3,(H2,25,26,30,31);/q;+1/p-1. The van der Waals surface area contributed by atoms with Gasteiger partial charge in [0.15, 0.2) is 0 Å². The number of ether oxygens (including phenoxy) is 2. The van der Waals surface area contributed by atoms with Crippen molar-refractivity contribution in [1.82, 2.24) is 5.32 Å². The normalized spacial score (nSPS) is 10.0. The van der Waals surface area contributed by atoms with E-state index in [4.69, 9.17) is 9.47 Å². The molecule has 1 rings (SSSR count). The molecule has 34 heavy (non-hydrogen) atoms. The number of benzene rings is 1. The summed E-state index contributed by atoms with van der Waals surface area (Å²) >= 11 is 0. The molecule has 0 fully saturated rings. The first kappa shape index (κ1) is 32.7. The van der Waals surface area contributed by atoms with Gasteiger partial charge in [-0.05, 0) is 25.3 Å². The van der Waals surface area contributed by atoms with Gasteiger partial charge in [-0.1, -0.05) is 36.2 Å². The summed E-state index contributed by atoms with van der Waals surface area (Å²) in [6, 6.07) is 7.16. The van der Waals surface area contributed by atoms with Gasteiger partial charge >= 0.3 is 64.3 Å². The zero-order chi connectivity index (χ0) is 24.3. The van der Waals surface area contributed by atoms with Crippen LogP contribution in [-0.2, 0) is 41.6 Å². The fourth-order valence-corrected chi connectivity index (χ4v) is 2.81. The molecule has 0 saturated heterocycles. The van der Waals surface area contributed by atoms with Crippen LogP contribution >= 0.6 is 0 Å². The van der Waals surface area contributed by atoms with Crippen molar-refractivity contribution in [2.45, 2.75) is 58.4 Å². The van der Waals surface area contributed by atoms with Crippen LogP contribution in [0, 0.1) is 0 Å². The van der Waals surface area contributed by atoms with Crippen molar-refractivity contribution in [3.05, 3.63) is 40.7 Å². The fraction of sp³-hybridized carbons (Fsp3) is 0.542. The molecule has 0 bridgehead atoms. The second-order valence-electron chi connectivity index (χ2n) is 7.61. The van der Waals surface area contributed by atoms with Gasteiger partial charge in [-0.3, -0.25) is 9.59 Å². The van der Waals surface area contributed by atoms with Crippen molar-refractivity contribution >= 4 is 29.9 Å².